The first-order chi connectivity index (χ1) is 6.75. The topological polar surface area (TPSA) is 72.0 Å². The molecule has 1 aromatic rings. The lowest BCUT2D eigenvalue weighted by molar-refractivity contribution is -0.129. The summed E-state index contributed by atoms with van der Waals surface area (Å²) in [7, 11) is 0. The predicted octanol–water partition coefficient (Wildman–Crippen LogP) is 1.49. The number of aliphatic carboxylic acids is 1. The van der Waals surface area contributed by atoms with Gasteiger partial charge in [-0.2, -0.15) is 0 Å². The third-order valence-electron chi connectivity index (χ3n) is 1.41. The zero-order valence-electron chi connectivity index (χ0n) is 7.77. The molecule has 0 atom stereocenters. The third kappa shape index (κ3) is 2.62. The lowest BCUT2D eigenvalue weighted by Gasteiger charge is -1.98. The first-order valence-corrected chi connectivity index (χ1v) is 4.22. The molecule has 0 aliphatic heterocycles. The van der Waals surface area contributed by atoms with Crippen LogP contribution in [0.2, 0.25) is 0 Å². The minimum absolute atomic E-state index is 0.189. The number of rotatable bonds is 5. The van der Waals surface area contributed by atoms with E-state index in [-0.39, 0.29) is 11.5 Å². The Morgan fingerprint density at radius 2 is 2.50 bits per heavy atom. The molecular formula is C9H11NO4. The highest BCUT2D eigenvalue weighted by molar-refractivity contribution is 6.41. The molecule has 0 fully saturated rings. The van der Waals surface area contributed by atoms with E-state index in [1.807, 2.05) is 6.92 Å². The van der Waals surface area contributed by atoms with Crippen molar-refractivity contribution in [1.29, 1.82) is 0 Å². The van der Waals surface area contributed by atoms with Crippen LogP contribution >= 0.6 is 0 Å². The zero-order chi connectivity index (χ0) is 10.4. The van der Waals surface area contributed by atoms with Crippen LogP contribution in [0, 0.1) is 0 Å². The summed E-state index contributed by atoms with van der Waals surface area (Å²) in [5.74, 6) is -0.982. The van der Waals surface area contributed by atoms with Gasteiger partial charge < -0.3 is 14.4 Å². The van der Waals surface area contributed by atoms with Gasteiger partial charge in [0, 0.05) is 0 Å². The molecule has 0 aliphatic carbocycles. The minimum atomic E-state index is -1.17. The van der Waals surface area contributed by atoms with Crippen LogP contribution in [0.1, 0.15) is 19.1 Å². The number of hydrogen-bond acceptors (Lipinski definition) is 4. The summed E-state index contributed by atoms with van der Waals surface area (Å²) in [5.41, 5.74) is -0.219. The van der Waals surface area contributed by atoms with Gasteiger partial charge in [0.05, 0.1) is 6.26 Å². The summed E-state index contributed by atoms with van der Waals surface area (Å²) in [6.45, 7) is 2.29. The molecule has 1 heterocycles. The van der Waals surface area contributed by atoms with Crippen molar-refractivity contribution < 1.29 is 19.2 Å². The molecule has 0 saturated carbocycles. The summed E-state index contributed by atoms with van der Waals surface area (Å²) < 4.78 is 4.90. The fourth-order valence-corrected chi connectivity index (χ4v) is 0.804. The Bertz CT molecular complexity index is 316. The minimum Gasteiger partial charge on any atom is -0.476 e. The van der Waals surface area contributed by atoms with Gasteiger partial charge in [-0.05, 0) is 18.6 Å². The van der Waals surface area contributed by atoms with Crippen LogP contribution < -0.4 is 0 Å². The SMILES string of the molecule is CCCON=C(C(=O)O)c1ccco1. The van der Waals surface area contributed by atoms with E-state index in [2.05, 4.69) is 5.16 Å². The maximum atomic E-state index is 10.7. The third-order valence-corrected chi connectivity index (χ3v) is 1.41. The van der Waals surface area contributed by atoms with Crippen molar-refractivity contribution in [2.24, 2.45) is 5.16 Å². The van der Waals surface area contributed by atoms with Gasteiger partial charge in [-0.25, -0.2) is 4.79 Å². The van der Waals surface area contributed by atoms with Gasteiger partial charge in [-0.3, -0.25) is 0 Å². The second kappa shape index (κ2) is 5.06. The Balaban J connectivity index is 2.75. The number of carboxylic acids is 1. The van der Waals surface area contributed by atoms with Gasteiger partial charge in [0.2, 0.25) is 5.71 Å². The van der Waals surface area contributed by atoms with Crippen LogP contribution in [-0.4, -0.2) is 23.4 Å². The Labute approximate surface area is 81.0 Å². The molecule has 14 heavy (non-hydrogen) atoms. The first-order valence-electron chi connectivity index (χ1n) is 4.22. The molecule has 1 rings (SSSR count). The normalized spacial score (nSPS) is 11.4. The summed E-state index contributed by atoms with van der Waals surface area (Å²) >= 11 is 0. The molecule has 1 aromatic heterocycles. The maximum absolute atomic E-state index is 10.7. The van der Waals surface area contributed by atoms with Crippen molar-refractivity contribution in [3.8, 4) is 0 Å². The Morgan fingerprint density at radius 1 is 1.71 bits per heavy atom. The van der Waals surface area contributed by atoms with Crippen molar-refractivity contribution in [2.45, 2.75) is 13.3 Å². The molecule has 0 aliphatic rings. The molecule has 0 aromatic carbocycles. The second-order valence-electron chi connectivity index (χ2n) is 2.56. The molecule has 5 nitrogen and oxygen atoms in total. The van der Waals surface area contributed by atoms with Gasteiger partial charge >= 0.3 is 5.97 Å². The Morgan fingerprint density at radius 3 is 3.00 bits per heavy atom. The fourth-order valence-electron chi connectivity index (χ4n) is 0.804. The molecular weight excluding hydrogens is 186 g/mol. The highest BCUT2D eigenvalue weighted by Crippen LogP contribution is 2.03. The second-order valence-corrected chi connectivity index (χ2v) is 2.56. The van der Waals surface area contributed by atoms with E-state index in [0.29, 0.717) is 6.61 Å². The number of carboxylic acid groups (broad SMARTS) is 1. The number of oxime groups is 1. The molecule has 0 saturated heterocycles. The monoisotopic (exact) mass is 197 g/mol. The van der Waals surface area contributed by atoms with Crippen LogP contribution in [0.3, 0.4) is 0 Å². The molecule has 0 bridgehead atoms. The van der Waals surface area contributed by atoms with Crippen LogP contribution in [0.25, 0.3) is 0 Å². The molecule has 76 valence electrons. The van der Waals surface area contributed by atoms with Crippen LogP contribution in [0.5, 0.6) is 0 Å². The van der Waals surface area contributed by atoms with E-state index >= 15 is 0 Å². The van der Waals surface area contributed by atoms with Gasteiger partial charge in [0.25, 0.3) is 0 Å². The molecule has 5 heteroatoms. The standard InChI is InChI=1S/C9H11NO4/c1-2-5-14-10-8(9(11)12)7-4-3-6-13-7/h3-4,6H,2,5H2,1H3,(H,11,12). The van der Waals surface area contributed by atoms with Crippen LogP contribution in [-0.2, 0) is 9.63 Å². The average Bonchev–Trinajstić information content (AvgIpc) is 2.64. The van der Waals surface area contributed by atoms with E-state index in [1.165, 1.54) is 12.3 Å². The molecule has 0 amide bonds. The number of hydrogen-bond donors (Lipinski definition) is 1. The lowest BCUT2D eigenvalue weighted by Crippen LogP contribution is -2.14. The summed E-state index contributed by atoms with van der Waals surface area (Å²) in [6, 6.07) is 3.11. The summed E-state index contributed by atoms with van der Waals surface area (Å²) in [6.07, 6.45) is 2.15. The summed E-state index contributed by atoms with van der Waals surface area (Å²) in [4.78, 5) is 15.5. The van der Waals surface area contributed by atoms with Crippen molar-refractivity contribution in [3.05, 3.63) is 24.2 Å². The van der Waals surface area contributed by atoms with Crippen LogP contribution in [0.15, 0.2) is 28.0 Å². The van der Waals surface area contributed by atoms with E-state index in [1.54, 1.807) is 6.07 Å². The van der Waals surface area contributed by atoms with Gasteiger partial charge in [0.15, 0.2) is 5.76 Å². The van der Waals surface area contributed by atoms with E-state index in [0.717, 1.165) is 6.42 Å². The predicted molar refractivity (Wildman–Crippen MR) is 49.1 cm³/mol. The highest BCUT2D eigenvalue weighted by atomic mass is 16.6. The quantitative estimate of drug-likeness (QED) is 0.441. The summed E-state index contributed by atoms with van der Waals surface area (Å²) in [5, 5.41) is 12.3. The molecule has 1 N–H and O–H groups in total. The fraction of sp³-hybridized carbons (Fsp3) is 0.333. The van der Waals surface area contributed by atoms with Gasteiger partial charge in [0.1, 0.15) is 6.61 Å². The van der Waals surface area contributed by atoms with Crippen molar-refractivity contribution in [3.63, 3.8) is 0 Å². The molecule has 0 radical (unpaired) electrons. The molecule has 0 unspecified atom stereocenters. The van der Waals surface area contributed by atoms with E-state index in [9.17, 15) is 4.79 Å². The van der Waals surface area contributed by atoms with Gasteiger partial charge in [-0.1, -0.05) is 12.1 Å². The zero-order valence-corrected chi connectivity index (χ0v) is 7.77. The number of furan rings is 1. The van der Waals surface area contributed by atoms with Crippen molar-refractivity contribution >= 4 is 11.7 Å². The van der Waals surface area contributed by atoms with Gasteiger partial charge in [-0.15, -0.1) is 0 Å². The van der Waals surface area contributed by atoms with E-state index in [4.69, 9.17) is 14.4 Å². The lowest BCUT2D eigenvalue weighted by atomic mass is 10.3. The molecule has 0 spiro atoms. The largest absolute Gasteiger partial charge is 0.476 e. The average molecular weight is 197 g/mol. The van der Waals surface area contributed by atoms with Crippen molar-refractivity contribution in [1.82, 2.24) is 0 Å². The Hall–Kier alpha value is -1.78. The number of nitrogens with zero attached hydrogens (tertiary/aromatic N) is 1. The maximum Gasteiger partial charge on any atom is 0.361 e. The highest BCUT2D eigenvalue weighted by Gasteiger charge is 2.16. The first kappa shape index (κ1) is 10.3. The van der Waals surface area contributed by atoms with Crippen LogP contribution in [0.4, 0.5) is 0 Å². The number of carbonyl (C=O) groups is 1. The Kier molecular flexibility index (Phi) is 3.72. The van der Waals surface area contributed by atoms with Crippen molar-refractivity contribution in [2.75, 3.05) is 6.61 Å². The smallest absolute Gasteiger partial charge is 0.361 e. The van der Waals surface area contributed by atoms with E-state index < -0.39 is 5.97 Å².